The zero-order valence-electron chi connectivity index (χ0n) is 14.6. The number of aryl methyl sites for hydroxylation is 1. The number of nitrogens with one attached hydrogen (secondary N) is 1. The smallest absolute Gasteiger partial charge is 0.387 e. The lowest BCUT2D eigenvalue weighted by Crippen LogP contribution is -2.31. The molecule has 1 saturated heterocycles. The first-order valence-corrected chi connectivity index (χ1v) is 8.30. The maximum absolute atomic E-state index is 12.3. The summed E-state index contributed by atoms with van der Waals surface area (Å²) in [4.78, 5) is 21.8. The zero-order chi connectivity index (χ0) is 18.7. The highest BCUT2D eigenvalue weighted by Crippen LogP contribution is 2.34. The van der Waals surface area contributed by atoms with Crippen molar-refractivity contribution in [2.24, 2.45) is 13.0 Å². The van der Waals surface area contributed by atoms with Crippen LogP contribution in [0.3, 0.4) is 0 Å². The van der Waals surface area contributed by atoms with Crippen LogP contribution >= 0.6 is 0 Å². The normalized spacial score (nSPS) is 19.8. The molecule has 2 atom stereocenters. The number of carbonyl (C=O) groups excluding carboxylic acids is 1. The summed E-state index contributed by atoms with van der Waals surface area (Å²) in [5.74, 6) is 1.00. The van der Waals surface area contributed by atoms with E-state index in [0.29, 0.717) is 25.5 Å². The molecule has 1 N–H and O–H groups in total. The summed E-state index contributed by atoms with van der Waals surface area (Å²) in [5.41, 5.74) is 1.08. The molecule has 140 valence electrons. The minimum absolute atomic E-state index is 0.0286. The van der Waals surface area contributed by atoms with E-state index in [0.717, 1.165) is 5.69 Å². The van der Waals surface area contributed by atoms with Gasteiger partial charge in [-0.25, -0.2) is 9.97 Å². The zero-order valence-corrected chi connectivity index (χ0v) is 14.6. The van der Waals surface area contributed by atoms with Gasteiger partial charge in [-0.15, -0.1) is 0 Å². The molecule has 0 radical (unpaired) electrons. The van der Waals surface area contributed by atoms with E-state index in [2.05, 4.69) is 24.9 Å². The van der Waals surface area contributed by atoms with Gasteiger partial charge in [-0.3, -0.25) is 4.79 Å². The monoisotopic (exact) mass is 365 g/mol. The molecule has 0 bridgehead atoms. The molecule has 0 spiro atoms. The fraction of sp³-hybridized carbons (Fsp3) is 0.471. The minimum Gasteiger partial charge on any atom is -0.433 e. The summed E-state index contributed by atoms with van der Waals surface area (Å²) >= 11 is 0. The number of carbonyl (C=O) groups is 1. The molecule has 1 fully saturated rings. The number of pyridine rings is 1. The van der Waals surface area contributed by atoms with Crippen molar-refractivity contribution in [3.63, 3.8) is 0 Å². The Bertz CT molecular complexity index is 750. The second-order valence-corrected chi connectivity index (χ2v) is 6.37. The standard InChI is InChI=1S/C17H21F2N5O2/c1-11(25)21-5-12-8-24(9-14(12)15-7-20-10-23(15)2)16-4-3-13(6-22-16)26-17(18)19/h3-4,6-7,10,12,14,17H,5,8-9H2,1-2H3,(H,21,25)/t12-,14-/m1/s1. The Morgan fingerprint density at radius 1 is 1.38 bits per heavy atom. The van der Waals surface area contributed by atoms with Crippen molar-refractivity contribution >= 4 is 11.7 Å². The predicted octanol–water partition coefficient (Wildman–Crippen LogP) is 1.77. The van der Waals surface area contributed by atoms with E-state index in [1.807, 2.05) is 17.8 Å². The van der Waals surface area contributed by atoms with E-state index in [-0.39, 0.29) is 23.5 Å². The Labute approximate surface area is 150 Å². The molecule has 1 aliphatic rings. The number of hydrogen-bond donors (Lipinski definition) is 1. The first kappa shape index (κ1) is 18.1. The first-order valence-electron chi connectivity index (χ1n) is 8.30. The van der Waals surface area contributed by atoms with E-state index >= 15 is 0 Å². The molecule has 0 aliphatic carbocycles. The fourth-order valence-corrected chi connectivity index (χ4v) is 3.33. The van der Waals surface area contributed by atoms with Gasteiger partial charge in [0.2, 0.25) is 5.91 Å². The number of anilines is 1. The van der Waals surface area contributed by atoms with Crippen LogP contribution in [-0.4, -0.2) is 46.7 Å². The first-order chi connectivity index (χ1) is 12.4. The van der Waals surface area contributed by atoms with Crippen molar-refractivity contribution in [3.8, 4) is 5.75 Å². The summed E-state index contributed by atoms with van der Waals surface area (Å²) in [5, 5.41) is 2.88. The van der Waals surface area contributed by atoms with E-state index in [9.17, 15) is 13.6 Å². The van der Waals surface area contributed by atoms with Crippen LogP contribution < -0.4 is 15.0 Å². The largest absolute Gasteiger partial charge is 0.433 e. The van der Waals surface area contributed by atoms with Crippen molar-refractivity contribution in [1.82, 2.24) is 19.9 Å². The number of amides is 1. The van der Waals surface area contributed by atoms with Crippen LogP contribution in [0.1, 0.15) is 18.5 Å². The van der Waals surface area contributed by atoms with Gasteiger partial charge in [0.1, 0.15) is 11.6 Å². The Kier molecular flexibility index (Phi) is 5.34. The Balaban J connectivity index is 1.76. The van der Waals surface area contributed by atoms with Gasteiger partial charge in [0.25, 0.3) is 0 Å². The third kappa shape index (κ3) is 4.09. The number of nitrogens with zero attached hydrogens (tertiary/aromatic N) is 4. The van der Waals surface area contributed by atoms with Crippen LogP contribution in [0.4, 0.5) is 14.6 Å². The summed E-state index contributed by atoms with van der Waals surface area (Å²) in [7, 11) is 1.94. The van der Waals surface area contributed by atoms with Crippen LogP contribution in [0.5, 0.6) is 5.75 Å². The third-order valence-corrected chi connectivity index (χ3v) is 4.56. The van der Waals surface area contributed by atoms with Crippen molar-refractivity contribution in [3.05, 3.63) is 36.5 Å². The van der Waals surface area contributed by atoms with Gasteiger partial charge in [0, 0.05) is 57.3 Å². The van der Waals surface area contributed by atoms with Gasteiger partial charge in [0.15, 0.2) is 0 Å². The number of hydrogen-bond acceptors (Lipinski definition) is 5. The van der Waals surface area contributed by atoms with Crippen LogP contribution in [-0.2, 0) is 11.8 Å². The molecule has 0 saturated carbocycles. The van der Waals surface area contributed by atoms with Crippen LogP contribution in [0.2, 0.25) is 0 Å². The number of aromatic nitrogens is 3. The Morgan fingerprint density at radius 3 is 2.77 bits per heavy atom. The van der Waals surface area contributed by atoms with Gasteiger partial charge >= 0.3 is 6.61 Å². The molecule has 26 heavy (non-hydrogen) atoms. The number of alkyl halides is 2. The van der Waals surface area contributed by atoms with Crippen LogP contribution in [0, 0.1) is 5.92 Å². The second kappa shape index (κ2) is 7.67. The highest BCUT2D eigenvalue weighted by Gasteiger charge is 2.36. The predicted molar refractivity (Wildman–Crippen MR) is 91.2 cm³/mol. The lowest BCUT2D eigenvalue weighted by Gasteiger charge is -2.18. The molecule has 1 amide bonds. The minimum atomic E-state index is -2.87. The molecule has 1 aliphatic heterocycles. The Morgan fingerprint density at radius 2 is 2.19 bits per heavy atom. The molecular weight excluding hydrogens is 344 g/mol. The number of rotatable bonds is 6. The summed E-state index contributed by atoms with van der Waals surface area (Å²) < 4.78 is 30.8. The molecule has 3 rings (SSSR count). The van der Waals surface area contributed by atoms with Crippen molar-refractivity contribution < 1.29 is 18.3 Å². The molecule has 9 heteroatoms. The van der Waals surface area contributed by atoms with Gasteiger partial charge < -0.3 is 19.5 Å². The van der Waals surface area contributed by atoms with E-state index in [4.69, 9.17) is 0 Å². The van der Waals surface area contributed by atoms with Gasteiger partial charge in [-0.05, 0) is 12.1 Å². The summed E-state index contributed by atoms with van der Waals surface area (Å²) in [6.45, 7) is 0.568. The molecular formula is C17H21F2N5O2. The molecule has 0 unspecified atom stereocenters. The van der Waals surface area contributed by atoms with Crippen molar-refractivity contribution in [1.29, 1.82) is 0 Å². The number of ether oxygens (including phenoxy) is 1. The maximum atomic E-state index is 12.3. The average molecular weight is 365 g/mol. The second-order valence-electron chi connectivity index (χ2n) is 6.37. The highest BCUT2D eigenvalue weighted by atomic mass is 19.3. The lowest BCUT2D eigenvalue weighted by molar-refractivity contribution is -0.119. The van der Waals surface area contributed by atoms with Gasteiger partial charge in [-0.1, -0.05) is 0 Å². The SMILES string of the molecule is CC(=O)NC[C@@H]1CN(c2ccc(OC(F)F)cn2)C[C@H]1c1cncn1C. The van der Waals surface area contributed by atoms with Crippen LogP contribution in [0.15, 0.2) is 30.9 Å². The number of halogens is 2. The van der Waals surface area contributed by atoms with Gasteiger partial charge in [-0.2, -0.15) is 8.78 Å². The van der Waals surface area contributed by atoms with Crippen LogP contribution in [0.25, 0.3) is 0 Å². The molecule has 3 heterocycles. The van der Waals surface area contributed by atoms with Gasteiger partial charge in [0.05, 0.1) is 12.5 Å². The quantitative estimate of drug-likeness (QED) is 0.845. The Hall–Kier alpha value is -2.71. The van der Waals surface area contributed by atoms with E-state index in [1.165, 1.54) is 19.2 Å². The highest BCUT2D eigenvalue weighted by molar-refractivity contribution is 5.72. The van der Waals surface area contributed by atoms with E-state index < -0.39 is 6.61 Å². The van der Waals surface area contributed by atoms with Crippen molar-refractivity contribution in [2.75, 3.05) is 24.5 Å². The average Bonchev–Trinajstić information content (AvgIpc) is 3.19. The summed E-state index contributed by atoms with van der Waals surface area (Å²) in [6, 6.07) is 3.15. The third-order valence-electron chi connectivity index (χ3n) is 4.56. The lowest BCUT2D eigenvalue weighted by atomic mass is 9.93. The fourth-order valence-electron chi connectivity index (χ4n) is 3.33. The maximum Gasteiger partial charge on any atom is 0.387 e. The molecule has 2 aromatic rings. The molecule has 7 nitrogen and oxygen atoms in total. The molecule has 0 aromatic carbocycles. The topological polar surface area (TPSA) is 72.3 Å². The van der Waals surface area contributed by atoms with Crippen molar-refractivity contribution in [2.45, 2.75) is 19.5 Å². The van der Waals surface area contributed by atoms with E-state index in [1.54, 1.807) is 12.4 Å². The molecule has 2 aromatic heterocycles. The number of imidazole rings is 1. The summed E-state index contributed by atoms with van der Waals surface area (Å²) in [6.07, 6.45) is 4.88.